The van der Waals surface area contributed by atoms with E-state index in [1.54, 1.807) is 6.08 Å². The van der Waals surface area contributed by atoms with E-state index < -0.39 is 0 Å². The summed E-state index contributed by atoms with van der Waals surface area (Å²) in [5.41, 5.74) is 2.07. The molecule has 1 aliphatic heterocycles. The summed E-state index contributed by atoms with van der Waals surface area (Å²) in [5, 5.41) is 2.80. The maximum absolute atomic E-state index is 12.2. The molecule has 1 N–H and O–H groups in total. The molecule has 0 aromatic heterocycles. The van der Waals surface area contributed by atoms with Crippen molar-refractivity contribution in [2.75, 3.05) is 13.2 Å². The van der Waals surface area contributed by atoms with Crippen molar-refractivity contribution in [2.24, 2.45) is 4.99 Å². The molecule has 3 rings (SSSR count). The van der Waals surface area contributed by atoms with Gasteiger partial charge < -0.3 is 14.8 Å². The van der Waals surface area contributed by atoms with Crippen LogP contribution in [0.25, 0.3) is 6.08 Å². The van der Waals surface area contributed by atoms with E-state index in [0.717, 1.165) is 11.1 Å². The smallest absolute Gasteiger partial charge is 0.275 e. The second kappa shape index (κ2) is 7.66. The van der Waals surface area contributed by atoms with Crippen LogP contribution in [-0.2, 0) is 4.79 Å². The maximum Gasteiger partial charge on any atom is 0.275 e. The van der Waals surface area contributed by atoms with Crippen molar-refractivity contribution in [3.63, 3.8) is 0 Å². The van der Waals surface area contributed by atoms with Crippen molar-refractivity contribution >= 4 is 17.8 Å². The second-order valence-corrected chi connectivity index (χ2v) is 5.38. The zero-order valence-electron chi connectivity index (χ0n) is 14.3. The molecule has 0 unspecified atom stereocenters. The maximum atomic E-state index is 12.2. The number of nitrogens with zero attached hydrogens (tertiary/aromatic N) is 1. The zero-order chi connectivity index (χ0) is 17.6. The average Bonchev–Trinajstić information content (AvgIpc) is 2.99. The van der Waals surface area contributed by atoms with E-state index in [9.17, 15) is 4.79 Å². The molecule has 1 aliphatic rings. The molecular formula is C20H20N2O3. The number of hydrogen-bond donors (Lipinski definition) is 1. The van der Waals surface area contributed by atoms with Gasteiger partial charge in [-0.25, -0.2) is 4.99 Å². The van der Waals surface area contributed by atoms with Gasteiger partial charge in [0.05, 0.1) is 13.2 Å². The van der Waals surface area contributed by atoms with Crippen molar-refractivity contribution in [1.82, 2.24) is 5.32 Å². The molecule has 0 atom stereocenters. The van der Waals surface area contributed by atoms with Crippen molar-refractivity contribution in [2.45, 2.75) is 13.8 Å². The summed E-state index contributed by atoms with van der Waals surface area (Å²) in [6.07, 6.45) is 1.74. The predicted octanol–water partition coefficient (Wildman–Crippen LogP) is 3.40. The lowest BCUT2D eigenvalue weighted by Crippen LogP contribution is -2.24. The highest BCUT2D eigenvalue weighted by Gasteiger charge is 2.21. The van der Waals surface area contributed by atoms with E-state index in [0.29, 0.717) is 36.2 Å². The van der Waals surface area contributed by atoms with Gasteiger partial charge in [0.1, 0.15) is 11.5 Å². The molecular weight excluding hydrogens is 316 g/mol. The first-order valence-corrected chi connectivity index (χ1v) is 8.28. The Balaban J connectivity index is 1.90. The Hall–Kier alpha value is -3.08. The van der Waals surface area contributed by atoms with Crippen LogP contribution in [0.5, 0.6) is 11.5 Å². The Labute approximate surface area is 147 Å². The molecule has 25 heavy (non-hydrogen) atoms. The minimum atomic E-state index is -0.217. The minimum absolute atomic E-state index is 0.217. The summed E-state index contributed by atoms with van der Waals surface area (Å²) >= 11 is 0. The van der Waals surface area contributed by atoms with Crippen LogP contribution in [-0.4, -0.2) is 25.0 Å². The normalized spacial score (nSPS) is 15.0. The number of aliphatic imine (C=N–C) groups is 1. The predicted molar refractivity (Wildman–Crippen MR) is 97.9 cm³/mol. The Morgan fingerprint density at radius 2 is 1.72 bits per heavy atom. The summed E-state index contributed by atoms with van der Waals surface area (Å²) < 4.78 is 11.2. The summed E-state index contributed by atoms with van der Waals surface area (Å²) in [5.74, 6) is 1.69. The summed E-state index contributed by atoms with van der Waals surface area (Å²) in [6, 6.07) is 15.1. The van der Waals surface area contributed by atoms with E-state index >= 15 is 0 Å². The highest BCUT2D eigenvalue weighted by molar-refractivity contribution is 6.19. The lowest BCUT2D eigenvalue weighted by Gasteiger charge is -2.11. The van der Waals surface area contributed by atoms with Crippen LogP contribution < -0.4 is 14.8 Å². The first-order chi connectivity index (χ1) is 12.2. The number of carbonyl (C=O) groups is 1. The van der Waals surface area contributed by atoms with Gasteiger partial charge in [0, 0.05) is 5.56 Å². The summed E-state index contributed by atoms with van der Waals surface area (Å²) in [6.45, 7) is 4.94. The number of rotatable bonds is 6. The fraction of sp³-hybridized carbons (Fsp3) is 0.200. The highest BCUT2D eigenvalue weighted by atomic mass is 16.5. The molecule has 0 saturated carbocycles. The quantitative estimate of drug-likeness (QED) is 0.823. The third-order valence-electron chi connectivity index (χ3n) is 3.61. The van der Waals surface area contributed by atoms with Gasteiger partial charge in [-0.05, 0) is 37.6 Å². The van der Waals surface area contributed by atoms with Crippen LogP contribution in [0.3, 0.4) is 0 Å². The molecule has 2 aromatic carbocycles. The van der Waals surface area contributed by atoms with Gasteiger partial charge in [-0.15, -0.1) is 0 Å². The first kappa shape index (κ1) is 16.8. The minimum Gasteiger partial charge on any atom is -0.490 e. The standard InChI is InChI=1S/C20H20N2O3/c1-3-24-17-11-10-14(13-18(17)25-4-2)12-16-20(23)22-19(21-16)15-8-6-5-7-9-15/h5-13H,3-4H2,1-2H3,(H,21,22,23). The van der Waals surface area contributed by atoms with E-state index in [-0.39, 0.29) is 5.91 Å². The molecule has 0 aliphatic carbocycles. The van der Waals surface area contributed by atoms with Gasteiger partial charge in [-0.2, -0.15) is 0 Å². The SMILES string of the molecule is CCOc1ccc(C=C2N=C(c3ccccc3)NC2=O)cc1OCC. The second-order valence-electron chi connectivity index (χ2n) is 5.38. The van der Waals surface area contributed by atoms with Gasteiger partial charge in [0.15, 0.2) is 11.5 Å². The molecule has 5 nitrogen and oxygen atoms in total. The molecule has 1 amide bonds. The van der Waals surface area contributed by atoms with Gasteiger partial charge in [-0.3, -0.25) is 4.79 Å². The fourth-order valence-corrected chi connectivity index (χ4v) is 2.52. The van der Waals surface area contributed by atoms with Gasteiger partial charge in [0.25, 0.3) is 5.91 Å². The number of benzene rings is 2. The van der Waals surface area contributed by atoms with E-state index in [2.05, 4.69) is 10.3 Å². The Bertz CT molecular complexity index is 826. The molecule has 5 heteroatoms. The third-order valence-corrected chi connectivity index (χ3v) is 3.61. The van der Waals surface area contributed by atoms with E-state index in [1.165, 1.54) is 0 Å². The monoisotopic (exact) mass is 336 g/mol. The van der Waals surface area contributed by atoms with Crippen LogP contribution in [0.4, 0.5) is 0 Å². The number of ether oxygens (including phenoxy) is 2. The van der Waals surface area contributed by atoms with Crippen molar-refractivity contribution in [3.8, 4) is 11.5 Å². The molecule has 0 spiro atoms. The largest absolute Gasteiger partial charge is 0.490 e. The molecule has 128 valence electrons. The number of nitrogens with one attached hydrogen (secondary N) is 1. The molecule has 0 saturated heterocycles. The van der Waals surface area contributed by atoms with Gasteiger partial charge in [0.2, 0.25) is 0 Å². The van der Waals surface area contributed by atoms with Crippen LogP contribution in [0.15, 0.2) is 59.2 Å². The average molecular weight is 336 g/mol. The van der Waals surface area contributed by atoms with Crippen LogP contribution in [0, 0.1) is 0 Å². The van der Waals surface area contributed by atoms with Crippen LogP contribution in [0.1, 0.15) is 25.0 Å². The number of hydrogen-bond acceptors (Lipinski definition) is 4. The van der Waals surface area contributed by atoms with Crippen molar-refractivity contribution in [3.05, 3.63) is 65.4 Å². The van der Waals surface area contributed by atoms with Gasteiger partial charge >= 0.3 is 0 Å². The Morgan fingerprint density at radius 3 is 2.44 bits per heavy atom. The lowest BCUT2D eigenvalue weighted by molar-refractivity contribution is -0.115. The fourth-order valence-electron chi connectivity index (χ4n) is 2.52. The van der Waals surface area contributed by atoms with E-state index in [1.807, 2.05) is 62.4 Å². The molecule has 0 fully saturated rings. The topological polar surface area (TPSA) is 59.9 Å². The highest BCUT2D eigenvalue weighted by Crippen LogP contribution is 2.29. The molecule has 0 bridgehead atoms. The Morgan fingerprint density at radius 1 is 1.00 bits per heavy atom. The summed E-state index contributed by atoms with van der Waals surface area (Å²) in [4.78, 5) is 16.6. The molecule has 0 radical (unpaired) electrons. The number of amides is 1. The van der Waals surface area contributed by atoms with Crippen LogP contribution >= 0.6 is 0 Å². The van der Waals surface area contributed by atoms with Crippen molar-refractivity contribution in [1.29, 1.82) is 0 Å². The molecule has 1 heterocycles. The van der Waals surface area contributed by atoms with Crippen molar-refractivity contribution < 1.29 is 14.3 Å². The third kappa shape index (κ3) is 3.88. The molecule has 2 aromatic rings. The zero-order valence-corrected chi connectivity index (χ0v) is 14.3. The van der Waals surface area contributed by atoms with Gasteiger partial charge in [-0.1, -0.05) is 36.4 Å². The van der Waals surface area contributed by atoms with Crippen LogP contribution in [0.2, 0.25) is 0 Å². The number of carbonyl (C=O) groups excluding carboxylic acids is 1. The number of amidine groups is 1. The Kier molecular flexibility index (Phi) is 5.14. The van der Waals surface area contributed by atoms with E-state index in [4.69, 9.17) is 9.47 Å². The first-order valence-electron chi connectivity index (χ1n) is 8.28. The summed E-state index contributed by atoms with van der Waals surface area (Å²) in [7, 11) is 0. The lowest BCUT2D eigenvalue weighted by atomic mass is 10.1.